The first-order valence-electron chi connectivity index (χ1n) is 7.05. The van der Waals surface area contributed by atoms with Crippen LogP contribution < -0.4 is 11.1 Å². The molecule has 1 aliphatic rings. The van der Waals surface area contributed by atoms with E-state index in [1.165, 1.54) is 0 Å². The van der Waals surface area contributed by atoms with E-state index in [1.807, 2.05) is 28.8 Å². The van der Waals surface area contributed by atoms with Crippen LogP contribution in [0, 0.1) is 5.92 Å². The number of nitrogens with two attached hydrogens (primary N) is 1. The molecule has 2 aromatic rings. The van der Waals surface area contributed by atoms with Gasteiger partial charge in [0, 0.05) is 18.7 Å². The Balaban J connectivity index is 1.57. The van der Waals surface area contributed by atoms with Gasteiger partial charge in [0.25, 0.3) is 0 Å². The van der Waals surface area contributed by atoms with Crippen LogP contribution in [-0.2, 0) is 11.3 Å². The summed E-state index contributed by atoms with van der Waals surface area (Å²) in [5.41, 5.74) is 6.77. The van der Waals surface area contributed by atoms with Gasteiger partial charge in [-0.1, -0.05) is 12.5 Å². The summed E-state index contributed by atoms with van der Waals surface area (Å²) >= 11 is 0. The molecule has 6 heteroatoms. The van der Waals surface area contributed by atoms with Crippen LogP contribution in [-0.4, -0.2) is 26.5 Å². The van der Waals surface area contributed by atoms with Crippen LogP contribution >= 0.6 is 0 Å². The quantitative estimate of drug-likeness (QED) is 0.865. The number of hydrogen-bond acceptors (Lipinski definition) is 4. The highest BCUT2D eigenvalue weighted by atomic mass is 16.1. The molecule has 0 bridgehead atoms. The highest BCUT2D eigenvalue weighted by molar-refractivity contribution is 5.76. The molecule has 1 aliphatic carbocycles. The van der Waals surface area contributed by atoms with Crippen molar-refractivity contribution in [2.45, 2.75) is 38.3 Å². The second-order valence-electron chi connectivity index (χ2n) is 5.38. The van der Waals surface area contributed by atoms with E-state index in [2.05, 4.69) is 15.5 Å². The van der Waals surface area contributed by atoms with Crippen molar-refractivity contribution in [2.75, 3.05) is 0 Å². The van der Waals surface area contributed by atoms with Gasteiger partial charge in [0.1, 0.15) is 0 Å². The molecule has 2 aromatic heterocycles. The maximum atomic E-state index is 12.0. The minimum Gasteiger partial charge on any atom is -0.349 e. The highest BCUT2D eigenvalue weighted by Gasteiger charge is 2.25. The first-order valence-corrected chi connectivity index (χ1v) is 7.05. The van der Waals surface area contributed by atoms with Crippen molar-refractivity contribution in [1.82, 2.24) is 19.9 Å². The molecule has 6 nitrogen and oxygen atoms in total. The summed E-state index contributed by atoms with van der Waals surface area (Å²) in [6.07, 6.45) is 5.63. The Hall–Kier alpha value is -1.95. The van der Waals surface area contributed by atoms with Gasteiger partial charge in [-0.2, -0.15) is 0 Å². The molecule has 0 radical (unpaired) electrons. The average Bonchev–Trinajstić information content (AvgIpc) is 3.04. The summed E-state index contributed by atoms with van der Waals surface area (Å²) in [7, 11) is 0. The summed E-state index contributed by atoms with van der Waals surface area (Å²) in [4.78, 5) is 12.0. The first-order chi connectivity index (χ1) is 9.74. The second kappa shape index (κ2) is 5.58. The van der Waals surface area contributed by atoms with Crippen LogP contribution in [0.1, 0.15) is 31.5 Å². The molecular weight excluding hydrogens is 254 g/mol. The Kier molecular flexibility index (Phi) is 3.64. The zero-order valence-electron chi connectivity index (χ0n) is 11.3. The fraction of sp³-hybridized carbons (Fsp3) is 0.500. The lowest BCUT2D eigenvalue weighted by atomic mass is 10.00. The van der Waals surface area contributed by atoms with Crippen LogP contribution in [0.3, 0.4) is 0 Å². The van der Waals surface area contributed by atoms with Crippen molar-refractivity contribution in [1.29, 1.82) is 0 Å². The smallest absolute Gasteiger partial charge is 0.220 e. The number of nitrogens with one attached hydrogen (secondary N) is 1. The molecular formula is C14H19N5O. The highest BCUT2D eigenvalue weighted by Crippen LogP contribution is 2.26. The Morgan fingerprint density at radius 2 is 2.30 bits per heavy atom. The van der Waals surface area contributed by atoms with Gasteiger partial charge in [-0.15, -0.1) is 10.2 Å². The van der Waals surface area contributed by atoms with Gasteiger partial charge in [0.05, 0.1) is 6.54 Å². The third-order valence-electron chi connectivity index (χ3n) is 3.99. The predicted molar refractivity (Wildman–Crippen MR) is 74.8 cm³/mol. The molecule has 1 saturated carbocycles. The van der Waals surface area contributed by atoms with Crippen LogP contribution in [0.4, 0.5) is 0 Å². The van der Waals surface area contributed by atoms with E-state index in [9.17, 15) is 4.79 Å². The summed E-state index contributed by atoms with van der Waals surface area (Å²) < 4.78 is 1.88. The number of rotatable bonds is 4. The Morgan fingerprint density at radius 1 is 1.40 bits per heavy atom. The number of fused-ring (bicyclic) bond motifs is 1. The van der Waals surface area contributed by atoms with Crippen molar-refractivity contribution in [3.05, 3.63) is 30.2 Å². The predicted octanol–water partition coefficient (Wildman–Crippen LogP) is 0.863. The molecule has 1 amide bonds. The first kappa shape index (κ1) is 13.1. The van der Waals surface area contributed by atoms with Gasteiger partial charge in [0.15, 0.2) is 11.5 Å². The van der Waals surface area contributed by atoms with E-state index < -0.39 is 0 Å². The minimum absolute atomic E-state index is 0.0417. The third-order valence-corrected chi connectivity index (χ3v) is 3.99. The van der Waals surface area contributed by atoms with Gasteiger partial charge in [-0.3, -0.25) is 9.20 Å². The van der Waals surface area contributed by atoms with E-state index in [0.717, 1.165) is 30.7 Å². The third kappa shape index (κ3) is 2.65. The second-order valence-corrected chi connectivity index (χ2v) is 5.38. The molecule has 1 fully saturated rings. The molecule has 106 valence electrons. The van der Waals surface area contributed by atoms with E-state index in [4.69, 9.17) is 5.73 Å². The van der Waals surface area contributed by atoms with Crippen molar-refractivity contribution in [3.63, 3.8) is 0 Å². The van der Waals surface area contributed by atoms with Gasteiger partial charge >= 0.3 is 0 Å². The molecule has 0 aliphatic heterocycles. The fourth-order valence-electron chi connectivity index (χ4n) is 2.82. The van der Waals surface area contributed by atoms with E-state index >= 15 is 0 Å². The van der Waals surface area contributed by atoms with Crippen LogP contribution in [0.25, 0.3) is 5.65 Å². The number of carbonyl (C=O) groups is 1. The van der Waals surface area contributed by atoms with E-state index in [-0.39, 0.29) is 11.9 Å². The van der Waals surface area contributed by atoms with Crippen molar-refractivity contribution >= 4 is 11.6 Å². The van der Waals surface area contributed by atoms with E-state index in [0.29, 0.717) is 18.9 Å². The summed E-state index contributed by atoms with van der Waals surface area (Å²) in [5, 5.41) is 11.0. The van der Waals surface area contributed by atoms with Gasteiger partial charge < -0.3 is 11.1 Å². The number of aromatic nitrogens is 3. The number of hydrogen-bond donors (Lipinski definition) is 2. The maximum absolute atomic E-state index is 12.0. The number of amides is 1. The Morgan fingerprint density at radius 3 is 3.10 bits per heavy atom. The number of pyridine rings is 1. The number of nitrogens with zero attached hydrogens (tertiary/aromatic N) is 3. The monoisotopic (exact) mass is 273 g/mol. The van der Waals surface area contributed by atoms with Crippen molar-refractivity contribution in [3.8, 4) is 0 Å². The lowest BCUT2D eigenvalue weighted by molar-refractivity contribution is -0.122. The minimum atomic E-state index is 0.0417. The zero-order chi connectivity index (χ0) is 13.9. The molecule has 0 unspecified atom stereocenters. The molecule has 3 rings (SSSR count). The van der Waals surface area contributed by atoms with Crippen LogP contribution in [0.15, 0.2) is 24.4 Å². The SMILES string of the molecule is N[C@@H]1CCC[C@H]1CC(=O)NCc1nnc2ccccn12. The molecule has 3 N–H and O–H groups in total. The zero-order valence-corrected chi connectivity index (χ0v) is 11.3. The molecule has 0 saturated heterocycles. The lowest BCUT2D eigenvalue weighted by Crippen LogP contribution is -2.31. The van der Waals surface area contributed by atoms with Gasteiger partial charge in [-0.05, 0) is 30.9 Å². The largest absolute Gasteiger partial charge is 0.349 e. The van der Waals surface area contributed by atoms with Gasteiger partial charge in [-0.25, -0.2) is 0 Å². The normalized spacial score (nSPS) is 22.2. The average molecular weight is 273 g/mol. The summed E-state index contributed by atoms with van der Waals surface area (Å²) in [6, 6.07) is 5.89. The van der Waals surface area contributed by atoms with E-state index in [1.54, 1.807) is 0 Å². The Labute approximate surface area is 117 Å². The molecule has 20 heavy (non-hydrogen) atoms. The number of carbonyl (C=O) groups excluding carboxylic acids is 1. The van der Waals surface area contributed by atoms with Crippen molar-refractivity contribution < 1.29 is 4.79 Å². The van der Waals surface area contributed by atoms with Crippen LogP contribution in [0.5, 0.6) is 0 Å². The van der Waals surface area contributed by atoms with Gasteiger partial charge in [0.2, 0.25) is 5.91 Å². The van der Waals surface area contributed by atoms with Crippen molar-refractivity contribution in [2.24, 2.45) is 11.7 Å². The van der Waals surface area contributed by atoms with Crippen LogP contribution in [0.2, 0.25) is 0 Å². The topological polar surface area (TPSA) is 85.3 Å². The fourth-order valence-corrected chi connectivity index (χ4v) is 2.82. The Bertz CT molecular complexity index is 608. The summed E-state index contributed by atoms with van der Waals surface area (Å²) in [6.45, 7) is 0.395. The summed E-state index contributed by atoms with van der Waals surface area (Å²) in [5.74, 6) is 1.11. The maximum Gasteiger partial charge on any atom is 0.220 e. The lowest BCUT2D eigenvalue weighted by Gasteiger charge is -2.14. The molecule has 2 atom stereocenters. The standard InChI is InChI=1S/C14H19N5O/c15-11-5-3-4-10(11)8-14(20)16-9-13-18-17-12-6-1-2-7-19(12)13/h1-2,6-7,10-11H,3-5,8-9,15H2,(H,16,20)/t10-,11+/m0/s1. The molecule has 0 spiro atoms. The molecule has 0 aromatic carbocycles. The molecule has 2 heterocycles.